The smallest absolute Gasteiger partial charge is 0.252 e. The Hall–Kier alpha value is -7.10. The van der Waals surface area contributed by atoms with Gasteiger partial charge in [-0.05, 0) is 174 Å². The van der Waals surface area contributed by atoms with E-state index in [0.29, 0.717) is 0 Å². The molecule has 0 amide bonds. The molecule has 80 heavy (non-hydrogen) atoms. The summed E-state index contributed by atoms with van der Waals surface area (Å²) in [4.78, 5) is 0. The lowest BCUT2D eigenvalue weighted by Crippen LogP contribution is -2.61. The van der Waals surface area contributed by atoms with E-state index in [1.807, 2.05) is 0 Å². The number of aromatic nitrogens is 2. The van der Waals surface area contributed by atoms with E-state index in [2.05, 4.69) is 273 Å². The number of hydrogen-bond acceptors (Lipinski definition) is 0. The largest absolute Gasteiger partial charge is 0.310 e. The summed E-state index contributed by atoms with van der Waals surface area (Å²) in [5, 5.41) is 8.09. The Kier molecular flexibility index (Phi) is 9.52. The van der Waals surface area contributed by atoms with E-state index in [-0.39, 0.29) is 39.2 Å². The number of benzene rings is 9. The van der Waals surface area contributed by atoms with Crippen molar-refractivity contribution >= 4 is 77.5 Å². The Bertz CT molecular complexity index is 4590. The maximum atomic E-state index is 2.83. The Morgan fingerprint density at radius 2 is 0.838 bits per heavy atom. The van der Waals surface area contributed by atoms with E-state index >= 15 is 0 Å². The SMILES string of the molecule is CC(C)(C)c1cc(-c2cc3c4c5c2-n2c6ccc(C(C)(C)C)cc6c6cc(C(C)(C)C)cc(c62)B5c2cc(C(C)(C)C)cc5c6cc(C(C)(C)C)cc(c6n-4c25)C32c3ccccc3-c3ccccc32)c2c(C(C)(C)C)cccc2c1. The van der Waals surface area contributed by atoms with Crippen LogP contribution in [0.2, 0.25) is 0 Å². The molecule has 3 aliphatic heterocycles. The molecule has 0 saturated heterocycles. The van der Waals surface area contributed by atoms with Crippen molar-refractivity contribution in [2.24, 2.45) is 0 Å². The summed E-state index contributed by atoms with van der Waals surface area (Å²) in [5.41, 5.74) is 30.1. The summed E-state index contributed by atoms with van der Waals surface area (Å²) in [5.74, 6) is 0. The van der Waals surface area contributed by atoms with Gasteiger partial charge < -0.3 is 9.13 Å². The lowest BCUT2D eigenvalue weighted by Gasteiger charge is -2.45. The van der Waals surface area contributed by atoms with Crippen molar-refractivity contribution in [1.29, 1.82) is 0 Å². The van der Waals surface area contributed by atoms with Crippen LogP contribution >= 0.6 is 0 Å². The van der Waals surface area contributed by atoms with Gasteiger partial charge in [0, 0.05) is 43.8 Å². The Labute approximate surface area is 475 Å². The second-order valence-corrected chi connectivity index (χ2v) is 31.0. The second kappa shape index (κ2) is 15.3. The normalized spacial score (nSPS) is 15.2. The maximum absolute atomic E-state index is 2.83. The highest BCUT2D eigenvalue weighted by Gasteiger charge is 2.55. The van der Waals surface area contributed by atoms with Gasteiger partial charge >= 0.3 is 0 Å². The molecule has 0 bridgehead atoms. The van der Waals surface area contributed by atoms with Crippen LogP contribution in [0.1, 0.15) is 180 Å². The maximum Gasteiger partial charge on any atom is 0.252 e. The van der Waals surface area contributed by atoms with Gasteiger partial charge in [0.05, 0.1) is 22.1 Å². The average Bonchev–Trinajstić information content (AvgIpc) is 2.37. The molecule has 0 fully saturated rings. The molecule has 0 unspecified atom stereocenters. The van der Waals surface area contributed by atoms with Crippen LogP contribution in [-0.4, -0.2) is 15.8 Å². The Morgan fingerprint density at radius 3 is 1.40 bits per heavy atom. The van der Waals surface area contributed by atoms with Gasteiger partial charge in [-0.25, -0.2) is 0 Å². The van der Waals surface area contributed by atoms with Gasteiger partial charge in [-0.15, -0.1) is 0 Å². The first-order chi connectivity index (χ1) is 37.5. The van der Waals surface area contributed by atoms with Crippen molar-refractivity contribution in [3.05, 3.63) is 195 Å². The van der Waals surface area contributed by atoms with Gasteiger partial charge in [0.15, 0.2) is 0 Å². The summed E-state index contributed by atoms with van der Waals surface area (Å²) in [6.07, 6.45) is 0. The number of rotatable bonds is 1. The molecule has 5 heterocycles. The highest BCUT2D eigenvalue weighted by molar-refractivity contribution is 7.00. The van der Waals surface area contributed by atoms with Gasteiger partial charge in [0.1, 0.15) is 0 Å². The fourth-order valence-corrected chi connectivity index (χ4v) is 15.5. The Balaban J connectivity index is 1.29. The zero-order valence-electron chi connectivity index (χ0n) is 50.8. The van der Waals surface area contributed by atoms with Crippen LogP contribution in [0.15, 0.2) is 140 Å². The van der Waals surface area contributed by atoms with Gasteiger partial charge in [-0.3, -0.25) is 0 Å². The first-order valence-corrected chi connectivity index (χ1v) is 29.8. The monoisotopic (exact) mass is 1040 g/mol. The van der Waals surface area contributed by atoms with Crippen LogP contribution < -0.4 is 16.4 Å². The highest BCUT2D eigenvalue weighted by atomic mass is 15.1. The molecule has 398 valence electrons. The predicted octanol–water partition coefficient (Wildman–Crippen LogP) is 18.3. The zero-order valence-corrected chi connectivity index (χ0v) is 50.8. The lowest BCUT2D eigenvalue weighted by molar-refractivity contribution is 0.588. The summed E-state index contributed by atoms with van der Waals surface area (Å²) >= 11 is 0. The fraction of sp³-hybridized carbons (Fsp3) is 0.325. The van der Waals surface area contributed by atoms with Crippen molar-refractivity contribution in [3.63, 3.8) is 0 Å². The van der Waals surface area contributed by atoms with E-state index in [1.165, 1.54) is 160 Å². The lowest BCUT2D eigenvalue weighted by atomic mass is 9.33. The average molecular weight is 1040 g/mol. The summed E-state index contributed by atoms with van der Waals surface area (Å²) in [7, 11) is 0. The van der Waals surface area contributed by atoms with Crippen LogP contribution in [0.5, 0.6) is 0 Å². The molecular weight excluding hydrogens is 964 g/mol. The molecule has 15 rings (SSSR count). The molecule has 11 aromatic rings. The van der Waals surface area contributed by atoms with Crippen LogP contribution in [0.4, 0.5) is 0 Å². The molecule has 2 nitrogen and oxygen atoms in total. The first-order valence-electron chi connectivity index (χ1n) is 29.8. The number of fused-ring (bicyclic) bond motifs is 15. The summed E-state index contributed by atoms with van der Waals surface area (Å²) in [6, 6.07) is 57.3. The predicted molar refractivity (Wildman–Crippen MR) is 346 cm³/mol. The second-order valence-electron chi connectivity index (χ2n) is 31.0. The number of nitrogens with zero attached hydrogens (tertiary/aromatic N) is 2. The van der Waals surface area contributed by atoms with Crippen molar-refractivity contribution in [2.45, 2.75) is 163 Å². The highest BCUT2D eigenvalue weighted by Crippen LogP contribution is 2.63. The quantitative estimate of drug-likeness (QED) is 0.145. The van der Waals surface area contributed by atoms with E-state index in [4.69, 9.17) is 0 Å². The van der Waals surface area contributed by atoms with Crippen LogP contribution in [-0.2, 0) is 37.9 Å². The molecule has 1 spiro atoms. The van der Waals surface area contributed by atoms with Crippen molar-refractivity contribution in [1.82, 2.24) is 9.13 Å². The molecule has 0 N–H and O–H groups in total. The molecular formula is C77H77BN2. The third-order valence-corrected chi connectivity index (χ3v) is 19.7. The minimum Gasteiger partial charge on any atom is -0.310 e. The number of hydrogen-bond donors (Lipinski definition) is 0. The molecule has 9 aromatic carbocycles. The van der Waals surface area contributed by atoms with Crippen LogP contribution in [0.25, 0.3) is 88.0 Å². The van der Waals surface area contributed by atoms with Gasteiger partial charge in [0.25, 0.3) is 6.71 Å². The van der Waals surface area contributed by atoms with Crippen molar-refractivity contribution in [3.8, 4) is 33.6 Å². The topological polar surface area (TPSA) is 9.86 Å². The summed E-state index contributed by atoms with van der Waals surface area (Å²) in [6.45, 7) is 43.3. The molecule has 3 heteroatoms. The first kappa shape index (κ1) is 49.9. The van der Waals surface area contributed by atoms with Gasteiger partial charge in [-0.2, -0.15) is 0 Å². The minimum atomic E-state index is -0.654. The third kappa shape index (κ3) is 6.33. The zero-order chi connectivity index (χ0) is 56.2. The van der Waals surface area contributed by atoms with E-state index < -0.39 is 5.41 Å². The van der Waals surface area contributed by atoms with E-state index in [9.17, 15) is 0 Å². The molecule has 4 aliphatic rings. The molecule has 0 saturated carbocycles. The van der Waals surface area contributed by atoms with Crippen LogP contribution in [0.3, 0.4) is 0 Å². The summed E-state index contributed by atoms with van der Waals surface area (Å²) < 4.78 is 5.63. The molecule has 0 radical (unpaired) electrons. The van der Waals surface area contributed by atoms with Crippen molar-refractivity contribution < 1.29 is 0 Å². The van der Waals surface area contributed by atoms with Gasteiger partial charge in [0.2, 0.25) is 0 Å². The standard InChI is InChI=1S/C77H77BN2/c1-71(2,3)43-30-31-63-50(33-43)52-36-46(74(10,11)12)39-61-67(52)79(63)69-55(51-34-44(72(4,5)6)32-42-24-23-29-58(64(42)51)76(16,17)18)41-60-70-65(69)78(61)62-40-47(75(13,14)15)37-54-53-35-45(73(7,8)9)38-59(66(53)80(70)68(54)62)77(60)56-27-21-19-25-48(56)49-26-20-22-28-57(49)77/h19-41H,1-18H3. The molecule has 1 aliphatic carbocycles. The van der Waals surface area contributed by atoms with E-state index in [0.717, 1.165) is 0 Å². The van der Waals surface area contributed by atoms with E-state index in [1.54, 1.807) is 0 Å². The molecule has 0 atom stereocenters. The van der Waals surface area contributed by atoms with Crippen molar-refractivity contribution in [2.75, 3.05) is 0 Å². The fourth-order valence-electron chi connectivity index (χ4n) is 15.5. The Morgan fingerprint density at radius 1 is 0.338 bits per heavy atom. The van der Waals surface area contributed by atoms with Gasteiger partial charge in [-0.1, -0.05) is 222 Å². The third-order valence-electron chi connectivity index (χ3n) is 19.7. The van der Waals surface area contributed by atoms with Crippen LogP contribution in [0, 0.1) is 0 Å². The molecule has 2 aromatic heterocycles. The minimum absolute atomic E-state index is 0.0349.